The summed E-state index contributed by atoms with van der Waals surface area (Å²) in [4.78, 5) is 91.9. The fourth-order valence-corrected chi connectivity index (χ4v) is 8.00. The molecule has 1 aromatic rings. The zero-order valence-electron chi connectivity index (χ0n) is 43.3. The van der Waals surface area contributed by atoms with Crippen molar-refractivity contribution < 1.29 is 62.7 Å². The predicted molar refractivity (Wildman–Crippen MR) is 278 cm³/mol. The number of H-pyrrole nitrogens is 1. The number of hydrogen-bond donors (Lipinski definition) is 7. The summed E-state index contributed by atoms with van der Waals surface area (Å²) >= 11 is 0. The highest BCUT2D eigenvalue weighted by Crippen LogP contribution is 2.21. The molecule has 0 aromatic carbocycles. The predicted octanol–water partition coefficient (Wildman–Crippen LogP) is 6.68. The molecule has 1 rings (SSSR count). The summed E-state index contributed by atoms with van der Waals surface area (Å²) in [6, 6.07) is -1.70. The monoisotopic (exact) mass is 1020 g/mol. The molecule has 0 aliphatic heterocycles. The Hall–Kier alpha value is -4.14. The summed E-state index contributed by atoms with van der Waals surface area (Å²) in [6.07, 6.45) is 25.3. The van der Waals surface area contributed by atoms with Crippen LogP contribution in [-0.4, -0.2) is 146 Å². The van der Waals surface area contributed by atoms with Gasteiger partial charge in [-0.1, -0.05) is 118 Å². The summed E-state index contributed by atoms with van der Waals surface area (Å²) in [7, 11) is 0. The first kappa shape index (κ1) is 67.9. The normalized spacial score (nSPS) is 12.9. The number of amides is 2. The maximum absolute atomic E-state index is 12.7. The number of carbonyl (C=O) groups is 7. The molecule has 0 bridgehead atoms. The highest BCUT2D eigenvalue weighted by atomic mass is 16.5. The van der Waals surface area contributed by atoms with Gasteiger partial charge in [0.05, 0.1) is 57.9 Å². The van der Waals surface area contributed by atoms with Crippen LogP contribution in [0.5, 0.6) is 0 Å². The van der Waals surface area contributed by atoms with Gasteiger partial charge in [-0.25, -0.2) is 4.98 Å². The van der Waals surface area contributed by atoms with Crippen molar-refractivity contribution in [3.63, 3.8) is 0 Å². The highest BCUT2D eigenvalue weighted by molar-refractivity contribution is 5.86. The lowest BCUT2D eigenvalue weighted by molar-refractivity contribution is -0.143. The number of aromatic nitrogens is 2. The Labute approximate surface area is 430 Å². The van der Waals surface area contributed by atoms with E-state index < -0.39 is 35.9 Å². The second-order valence-electron chi connectivity index (χ2n) is 18.7. The van der Waals surface area contributed by atoms with E-state index in [1.165, 1.54) is 83.4 Å². The number of aromatic amines is 1. The Morgan fingerprint density at radius 2 is 1.17 bits per heavy atom. The van der Waals surface area contributed by atoms with E-state index in [4.69, 9.17) is 24.7 Å². The van der Waals surface area contributed by atoms with Crippen LogP contribution in [0.4, 0.5) is 0 Å². The maximum Gasteiger partial charge on any atom is 0.320 e. The van der Waals surface area contributed by atoms with Gasteiger partial charge in [-0.2, -0.15) is 0 Å². The van der Waals surface area contributed by atoms with Crippen molar-refractivity contribution in [2.45, 2.75) is 194 Å². The summed E-state index contributed by atoms with van der Waals surface area (Å²) in [6.45, 7) is 5.60. The van der Waals surface area contributed by atoms with Gasteiger partial charge in [-0.3, -0.25) is 38.9 Å². The van der Waals surface area contributed by atoms with E-state index >= 15 is 0 Å². The first-order chi connectivity index (χ1) is 34.3. The molecule has 19 nitrogen and oxygen atoms in total. The van der Waals surface area contributed by atoms with E-state index in [2.05, 4.69) is 32.8 Å². The van der Waals surface area contributed by atoms with E-state index in [9.17, 15) is 43.8 Å². The average Bonchev–Trinajstić information content (AvgIpc) is 3.86. The van der Waals surface area contributed by atoms with Crippen LogP contribution in [0.2, 0.25) is 0 Å². The number of aliphatic carboxylic acids is 2. The molecule has 0 saturated heterocycles. The smallest absolute Gasteiger partial charge is 0.320 e. The molecule has 416 valence electrons. The number of carboxylic acids is 2. The van der Waals surface area contributed by atoms with Crippen LogP contribution in [0.3, 0.4) is 0 Å². The minimum Gasteiger partial charge on any atom is -0.481 e. The van der Waals surface area contributed by atoms with Crippen LogP contribution in [0, 0.1) is 11.8 Å². The van der Waals surface area contributed by atoms with Crippen molar-refractivity contribution in [1.82, 2.24) is 25.9 Å². The number of nitrogens with two attached hydrogens (primary N) is 1. The van der Waals surface area contributed by atoms with Gasteiger partial charge in [-0.05, 0) is 38.5 Å². The molecule has 1 heterocycles. The fraction of sp³-hybridized carbons (Fsp3) is 0.811. The van der Waals surface area contributed by atoms with Gasteiger partial charge >= 0.3 is 11.9 Å². The molecule has 0 radical (unpaired) electrons. The second-order valence-corrected chi connectivity index (χ2v) is 18.7. The molecule has 72 heavy (non-hydrogen) atoms. The molecular formula is C53H96N6O13. The van der Waals surface area contributed by atoms with E-state index in [0.717, 1.165) is 25.0 Å². The molecule has 4 atom stereocenters. The van der Waals surface area contributed by atoms with E-state index in [1.54, 1.807) is 13.1 Å². The summed E-state index contributed by atoms with van der Waals surface area (Å²) in [5, 5.41) is 27.5. The SMILES string of the molecule is C.CCCCCCCCCCCCCCCCCC(=O)CNC(CCC(=O)CCCOCCOCC(=O)NCCOCCOCC(=O)NCCCC[C@H](CC(C)C(=O)[C@@H](N)Cc1cnc[nH]1)C(=O)O)C(=O)O. The fourth-order valence-electron chi connectivity index (χ4n) is 8.00. The first-order valence-corrected chi connectivity index (χ1v) is 26.7. The number of nitrogens with zero attached hydrogens (tertiary/aromatic N) is 1. The Morgan fingerprint density at radius 3 is 1.72 bits per heavy atom. The molecule has 1 aromatic heterocycles. The van der Waals surface area contributed by atoms with Gasteiger partial charge in [0.25, 0.3) is 0 Å². The third-order valence-electron chi connectivity index (χ3n) is 12.3. The van der Waals surface area contributed by atoms with E-state index in [1.807, 2.05) is 0 Å². The Bertz CT molecular complexity index is 1570. The van der Waals surface area contributed by atoms with Crippen molar-refractivity contribution in [2.24, 2.45) is 17.6 Å². The summed E-state index contributed by atoms with van der Waals surface area (Å²) < 4.78 is 21.5. The van der Waals surface area contributed by atoms with Gasteiger partial charge in [0.15, 0.2) is 5.78 Å². The zero-order chi connectivity index (χ0) is 52.2. The minimum atomic E-state index is -1.08. The molecule has 0 aliphatic rings. The van der Waals surface area contributed by atoms with Crippen molar-refractivity contribution in [3.8, 4) is 0 Å². The number of hydrogen-bond acceptors (Lipinski definition) is 14. The minimum absolute atomic E-state index is 0. The number of rotatable bonds is 52. The molecule has 0 fully saturated rings. The van der Waals surface area contributed by atoms with Crippen molar-refractivity contribution in [3.05, 3.63) is 18.2 Å². The van der Waals surface area contributed by atoms with E-state index in [-0.39, 0.29) is 122 Å². The van der Waals surface area contributed by atoms with Gasteiger partial charge in [0, 0.05) is 63.2 Å². The topological polar surface area (TPSA) is 288 Å². The second kappa shape index (κ2) is 46.6. The molecule has 2 unspecified atom stereocenters. The first-order valence-electron chi connectivity index (χ1n) is 26.7. The van der Waals surface area contributed by atoms with Crippen LogP contribution in [-0.2, 0) is 58.9 Å². The lowest BCUT2D eigenvalue weighted by Crippen LogP contribution is -2.40. The van der Waals surface area contributed by atoms with Crippen LogP contribution < -0.4 is 21.7 Å². The molecule has 2 amide bonds. The van der Waals surface area contributed by atoms with Crippen LogP contribution in [0.1, 0.15) is 181 Å². The average molecular weight is 1030 g/mol. The third kappa shape index (κ3) is 39.4. The number of carbonyl (C=O) groups excluding carboxylic acids is 5. The number of ether oxygens (including phenoxy) is 4. The standard InChI is InChI=1S/C52H92N6O13.CH4/c1-3-4-5-6-7-8-9-10-11-12-13-14-15-16-17-22-45(60)37-57-47(52(66)67)25-24-44(59)23-20-28-68-30-32-70-39-49(62)56-27-29-69-31-33-71-38-48(61)55-26-19-18-21-42(51(64)65)34-41(2)50(63)46(53)35-43-36-54-40-58-43;/h36,40-42,46-47,57H,3-35,37-39,53H2,1-2H3,(H,54,58)(H,55,61)(H,56,62)(H,64,65)(H,66,67);1H4/t41?,42-,46+,47?;/m1./s1. The molecule has 0 saturated carbocycles. The quantitative estimate of drug-likeness (QED) is 0.0335. The van der Waals surface area contributed by atoms with Crippen molar-refractivity contribution >= 4 is 41.1 Å². The van der Waals surface area contributed by atoms with Gasteiger partial charge in [-0.15, -0.1) is 0 Å². The summed E-state index contributed by atoms with van der Waals surface area (Å²) in [5.74, 6) is -4.16. The molecule has 0 spiro atoms. The summed E-state index contributed by atoms with van der Waals surface area (Å²) in [5.41, 5.74) is 6.78. The number of carboxylic acid groups (broad SMARTS) is 2. The third-order valence-corrected chi connectivity index (χ3v) is 12.3. The van der Waals surface area contributed by atoms with Crippen LogP contribution in [0.15, 0.2) is 12.5 Å². The van der Waals surface area contributed by atoms with Gasteiger partial charge in [0.2, 0.25) is 11.8 Å². The number of Topliss-reactive ketones (excluding diaryl/α,β-unsaturated/α-hetero) is 3. The largest absolute Gasteiger partial charge is 0.481 e. The maximum atomic E-state index is 12.7. The highest BCUT2D eigenvalue weighted by Gasteiger charge is 2.27. The Morgan fingerprint density at radius 1 is 0.625 bits per heavy atom. The lowest BCUT2D eigenvalue weighted by atomic mass is 9.86. The van der Waals surface area contributed by atoms with Gasteiger partial charge < -0.3 is 50.5 Å². The van der Waals surface area contributed by atoms with Crippen LogP contribution >= 0.6 is 0 Å². The molecule has 8 N–H and O–H groups in total. The number of nitrogens with one attached hydrogen (secondary N) is 4. The molecule has 19 heteroatoms. The number of unbranched alkanes of at least 4 members (excludes halogenated alkanes) is 15. The molecular weight excluding hydrogens is 929 g/mol. The van der Waals surface area contributed by atoms with E-state index in [0.29, 0.717) is 51.7 Å². The number of ketones is 3. The Kier molecular flexibility index (Phi) is 44.0. The van der Waals surface area contributed by atoms with Crippen molar-refractivity contribution in [1.29, 1.82) is 0 Å². The molecule has 0 aliphatic carbocycles. The lowest BCUT2D eigenvalue weighted by Gasteiger charge is -2.19. The Balaban J connectivity index is 0.0000504. The van der Waals surface area contributed by atoms with Crippen molar-refractivity contribution in [2.75, 3.05) is 72.5 Å². The van der Waals surface area contributed by atoms with Gasteiger partial charge in [0.1, 0.15) is 30.8 Å². The number of imidazole rings is 1. The van der Waals surface area contributed by atoms with Crippen LogP contribution in [0.25, 0.3) is 0 Å². The zero-order valence-corrected chi connectivity index (χ0v) is 43.3.